The zero-order valence-corrected chi connectivity index (χ0v) is 11.4. The van der Waals surface area contributed by atoms with Gasteiger partial charge in [0, 0.05) is 18.6 Å². The molecule has 2 N–H and O–H groups in total. The molecule has 0 saturated heterocycles. The van der Waals surface area contributed by atoms with Gasteiger partial charge >= 0.3 is 0 Å². The van der Waals surface area contributed by atoms with Gasteiger partial charge in [-0.1, -0.05) is 23.7 Å². The van der Waals surface area contributed by atoms with Crippen LogP contribution in [-0.2, 0) is 0 Å². The minimum absolute atomic E-state index is 0.104. The Morgan fingerprint density at radius 2 is 2.05 bits per heavy atom. The molecule has 102 valence electrons. The van der Waals surface area contributed by atoms with E-state index in [4.69, 9.17) is 11.6 Å². The van der Waals surface area contributed by atoms with Gasteiger partial charge in [0.15, 0.2) is 0 Å². The van der Waals surface area contributed by atoms with Crippen molar-refractivity contribution < 1.29 is 9.90 Å². The number of hydrogen-bond acceptors (Lipinski definition) is 2. The number of nitrogens with one attached hydrogen (secondary N) is 1. The summed E-state index contributed by atoms with van der Waals surface area (Å²) in [6.07, 6.45) is 3.49. The topological polar surface area (TPSA) is 49.3 Å². The Hall–Kier alpha value is -1.06. The molecule has 0 spiro atoms. The van der Waals surface area contributed by atoms with Gasteiger partial charge in [0.05, 0.1) is 10.6 Å². The number of hydrogen-bond donors (Lipinski definition) is 2. The summed E-state index contributed by atoms with van der Waals surface area (Å²) >= 11 is 6.04. The molecular weight excluding hydrogens is 262 g/mol. The molecule has 3 rings (SSSR count). The fourth-order valence-electron chi connectivity index (χ4n) is 3.77. The van der Waals surface area contributed by atoms with Crippen LogP contribution >= 0.6 is 11.6 Å². The number of carbonyl (C=O) groups is 1. The number of rotatable bonds is 3. The third-order valence-electron chi connectivity index (χ3n) is 4.72. The van der Waals surface area contributed by atoms with E-state index in [-0.39, 0.29) is 24.5 Å². The molecule has 2 bridgehead atoms. The highest BCUT2D eigenvalue weighted by Gasteiger charge is 2.47. The molecule has 2 saturated carbocycles. The lowest BCUT2D eigenvalue weighted by Gasteiger charge is -2.30. The average Bonchev–Trinajstić information content (AvgIpc) is 3.00. The zero-order chi connectivity index (χ0) is 13.4. The minimum atomic E-state index is -0.124. The second kappa shape index (κ2) is 5.14. The summed E-state index contributed by atoms with van der Waals surface area (Å²) in [5, 5.41) is 13.1. The number of aliphatic hydroxyl groups is 1. The monoisotopic (exact) mass is 279 g/mol. The van der Waals surface area contributed by atoms with Crippen molar-refractivity contribution in [3.05, 3.63) is 34.9 Å². The number of amides is 1. The molecule has 0 heterocycles. The number of benzene rings is 1. The fourth-order valence-corrected chi connectivity index (χ4v) is 3.99. The Kier molecular flexibility index (Phi) is 3.50. The maximum atomic E-state index is 12.3. The van der Waals surface area contributed by atoms with E-state index in [0.29, 0.717) is 22.4 Å². The number of fused-ring (bicyclic) bond motifs is 2. The van der Waals surface area contributed by atoms with Gasteiger partial charge in [-0.25, -0.2) is 0 Å². The van der Waals surface area contributed by atoms with Crippen molar-refractivity contribution in [2.24, 2.45) is 17.8 Å². The Balaban J connectivity index is 1.75. The van der Waals surface area contributed by atoms with E-state index >= 15 is 0 Å². The van der Waals surface area contributed by atoms with E-state index in [0.717, 1.165) is 12.8 Å². The van der Waals surface area contributed by atoms with Crippen molar-refractivity contribution in [3.63, 3.8) is 0 Å². The Labute approximate surface area is 118 Å². The highest BCUT2D eigenvalue weighted by Crippen LogP contribution is 2.48. The number of carbonyl (C=O) groups excluding carboxylic acids is 1. The molecule has 4 unspecified atom stereocenters. The summed E-state index contributed by atoms with van der Waals surface area (Å²) < 4.78 is 0. The molecule has 0 radical (unpaired) electrons. The molecule has 1 amide bonds. The largest absolute Gasteiger partial charge is 0.396 e. The van der Waals surface area contributed by atoms with Crippen LogP contribution in [0.5, 0.6) is 0 Å². The van der Waals surface area contributed by atoms with Crippen LogP contribution in [0, 0.1) is 17.8 Å². The van der Waals surface area contributed by atoms with E-state index in [1.165, 1.54) is 6.42 Å². The third-order valence-corrected chi connectivity index (χ3v) is 5.05. The lowest BCUT2D eigenvalue weighted by atomic mass is 9.85. The predicted molar refractivity (Wildman–Crippen MR) is 74.1 cm³/mol. The van der Waals surface area contributed by atoms with Crippen LogP contribution in [-0.4, -0.2) is 23.7 Å². The second-order valence-corrected chi connectivity index (χ2v) is 6.07. The van der Waals surface area contributed by atoms with Gasteiger partial charge in [-0.05, 0) is 43.2 Å². The van der Waals surface area contributed by atoms with Gasteiger partial charge < -0.3 is 10.4 Å². The summed E-state index contributed by atoms with van der Waals surface area (Å²) in [4.78, 5) is 12.3. The molecule has 3 nitrogen and oxygen atoms in total. The highest BCUT2D eigenvalue weighted by atomic mass is 35.5. The summed E-state index contributed by atoms with van der Waals surface area (Å²) in [5.41, 5.74) is 0.517. The first-order valence-corrected chi connectivity index (χ1v) is 7.24. The molecule has 2 aliphatic carbocycles. The molecule has 4 heteroatoms. The van der Waals surface area contributed by atoms with E-state index in [9.17, 15) is 9.90 Å². The van der Waals surface area contributed by atoms with Crippen LogP contribution in [0.25, 0.3) is 0 Å². The van der Waals surface area contributed by atoms with Gasteiger partial charge in [-0.3, -0.25) is 4.79 Å². The van der Waals surface area contributed by atoms with Crippen LogP contribution in [0.4, 0.5) is 0 Å². The number of halogens is 1. The molecule has 0 aromatic heterocycles. The lowest BCUT2D eigenvalue weighted by molar-refractivity contribution is 0.0861. The van der Waals surface area contributed by atoms with Crippen molar-refractivity contribution in [2.75, 3.05) is 6.61 Å². The number of aliphatic hydroxyl groups excluding tert-OH is 1. The first-order chi connectivity index (χ1) is 9.20. The maximum absolute atomic E-state index is 12.3. The average molecular weight is 280 g/mol. The summed E-state index contributed by atoms with van der Waals surface area (Å²) in [6.45, 7) is 0.161. The Morgan fingerprint density at radius 1 is 1.32 bits per heavy atom. The molecule has 19 heavy (non-hydrogen) atoms. The zero-order valence-electron chi connectivity index (χ0n) is 10.7. The smallest absolute Gasteiger partial charge is 0.253 e. The highest BCUT2D eigenvalue weighted by molar-refractivity contribution is 6.33. The van der Waals surface area contributed by atoms with Crippen molar-refractivity contribution in [1.29, 1.82) is 0 Å². The van der Waals surface area contributed by atoms with Crippen molar-refractivity contribution in [3.8, 4) is 0 Å². The molecular formula is C15H18ClNO2. The Bertz CT molecular complexity index is 491. The fraction of sp³-hybridized carbons (Fsp3) is 0.533. The van der Waals surface area contributed by atoms with Gasteiger partial charge in [0.2, 0.25) is 0 Å². The SMILES string of the molecule is O=C(NC1C2CCC(C2)C1CO)c1ccccc1Cl. The molecule has 1 aromatic rings. The summed E-state index contributed by atoms with van der Waals surface area (Å²) in [5.74, 6) is 1.19. The molecule has 1 aromatic carbocycles. The maximum Gasteiger partial charge on any atom is 0.253 e. The molecule has 4 atom stereocenters. The van der Waals surface area contributed by atoms with Gasteiger partial charge in [0.1, 0.15) is 0 Å². The van der Waals surface area contributed by atoms with Gasteiger partial charge in [-0.15, -0.1) is 0 Å². The first-order valence-electron chi connectivity index (χ1n) is 6.87. The lowest BCUT2D eigenvalue weighted by Crippen LogP contribution is -2.45. The van der Waals surface area contributed by atoms with E-state index < -0.39 is 0 Å². The third kappa shape index (κ3) is 2.26. The summed E-state index contributed by atoms with van der Waals surface area (Å²) in [7, 11) is 0. The molecule has 0 aliphatic heterocycles. The normalized spacial score (nSPS) is 32.5. The van der Waals surface area contributed by atoms with Gasteiger partial charge in [-0.2, -0.15) is 0 Å². The van der Waals surface area contributed by atoms with Crippen molar-refractivity contribution in [1.82, 2.24) is 5.32 Å². The van der Waals surface area contributed by atoms with Crippen molar-refractivity contribution >= 4 is 17.5 Å². The van der Waals surface area contributed by atoms with Crippen LogP contribution in [0.15, 0.2) is 24.3 Å². The van der Waals surface area contributed by atoms with E-state index in [1.54, 1.807) is 12.1 Å². The summed E-state index contributed by atoms with van der Waals surface area (Å²) in [6, 6.07) is 7.19. The van der Waals surface area contributed by atoms with Crippen LogP contribution in [0.2, 0.25) is 5.02 Å². The van der Waals surface area contributed by atoms with Crippen molar-refractivity contribution in [2.45, 2.75) is 25.3 Å². The van der Waals surface area contributed by atoms with E-state index in [1.807, 2.05) is 12.1 Å². The van der Waals surface area contributed by atoms with Crippen LogP contribution in [0.1, 0.15) is 29.6 Å². The first kappa shape index (κ1) is 12.9. The van der Waals surface area contributed by atoms with Crippen LogP contribution in [0.3, 0.4) is 0 Å². The Morgan fingerprint density at radius 3 is 2.79 bits per heavy atom. The minimum Gasteiger partial charge on any atom is -0.396 e. The predicted octanol–water partition coefficient (Wildman–Crippen LogP) is 2.48. The standard InChI is InChI=1S/C15H18ClNO2/c16-13-4-2-1-3-11(13)15(19)17-14-10-6-5-9(7-10)12(14)8-18/h1-4,9-10,12,14,18H,5-8H2,(H,17,19). The quantitative estimate of drug-likeness (QED) is 0.893. The van der Waals surface area contributed by atoms with Crippen LogP contribution < -0.4 is 5.32 Å². The molecule has 2 aliphatic rings. The van der Waals surface area contributed by atoms with Gasteiger partial charge in [0.25, 0.3) is 5.91 Å². The van der Waals surface area contributed by atoms with E-state index in [2.05, 4.69) is 5.32 Å². The molecule has 2 fully saturated rings. The second-order valence-electron chi connectivity index (χ2n) is 5.66.